The Balaban J connectivity index is 2.67. The lowest BCUT2D eigenvalue weighted by Gasteiger charge is -1.86. The van der Waals surface area contributed by atoms with E-state index in [1.54, 1.807) is 13.8 Å². The fraction of sp³-hybridized carbons (Fsp3) is 0.500. The summed E-state index contributed by atoms with van der Waals surface area (Å²) in [4.78, 5) is 3.93. The molecule has 1 N–H and O–H groups in total. The van der Waals surface area contributed by atoms with Crippen molar-refractivity contribution in [2.24, 2.45) is 0 Å². The molecule has 0 aromatic carbocycles. The molecular weight excluding hydrogens is 130 g/mol. The summed E-state index contributed by atoms with van der Waals surface area (Å²) >= 11 is 0. The van der Waals surface area contributed by atoms with Crippen LogP contribution in [0.4, 0.5) is 0 Å². The molecule has 0 radical (unpaired) electrons. The summed E-state index contributed by atoms with van der Waals surface area (Å²) in [6.45, 7) is 3.46. The van der Waals surface area contributed by atoms with Gasteiger partial charge in [0.25, 0.3) is 0 Å². The first kappa shape index (κ1) is 6.92. The first-order chi connectivity index (χ1) is 4.68. The van der Waals surface area contributed by atoms with E-state index in [0.29, 0.717) is 23.8 Å². The predicted molar refractivity (Wildman–Crippen MR) is 36.1 cm³/mol. The number of hydrogen-bond acceptors (Lipinski definition) is 4. The van der Waals surface area contributed by atoms with E-state index < -0.39 is 0 Å². The van der Waals surface area contributed by atoms with Crippen LogP contribution in [0.2, 0.25) is 0 Å². The summed E-state index contributed by atoms with van der Waals surface area (Å²) in [5.74, 6) is 1.14. The number of hydrogen-bond donors (Lipinski definition) is 1. The van der Waals surface area contributed by atoms with Crippen molar-refractivity contribution in [1.29, 1.82) is 5.41 Å². The highest BCUT2D eigenvalue weighted by Crippen LogP contribution is 1.96. The maximum Gasteiger partial charge on any atom is 0.232 e. The van der Waals surface area contributed by atoms with Crippen LogP contribution >= 0.6 is 0 Å². The second kappa shape index (κ2) is 2.60. The van der Waals surface area contributed by atoms with Gasteiger partial charge in [-0.3, -0.25) is 0 Å². The van der Waals surface area contributed by atoms with Crippen LogP contribution in [0.15, 0.2) is 4.52 Å². The lowest BCUT2D eigenvalue weighted by Crippen LogP contribution is -1.94. The molecule has 54 valence electrons. The van der Waals surface area contributed by atoms with E-state index in [-0.39, 0.29) is 0 Å². The van der Waals surface area contributed by atoms with Crippen molar-refractivity contribution in [3.05, 3.63) is 11.7 Å². The normalized spacial score (nSPS) is 9.80. The largest absolute Gasteiger partial charge is 0.339 e. The second-order valence-electron chi connectivity index (χ2n) is 2.19. The zero-order chi connectivity index (χ0) is 7.56. The van der Waals surface area contributed by atoms with Gasteiger partial charge in [-0.15, -0.1) is 0 Å². The van der Waals surface area contributed by atoms with Gasteiger partial charge in [-0.05, 0) is 13.8 Å². The number of nitrogens with one attached hydrogen (secondary N) is 1. The predicted octanol–water partition coefficient (Wildman–Crippen LogP) is 0.960. The molecule has 0 fully saturated rings. The van der Waals surface area contributed by atoms with Crippen LogP contribution in [0.1, 0.15) is 18.6 Å². The molecule has 0 amide bonds. The monoisotopic (exact) mass is 139 g/mol. The van der Waals surface area contributed by atoms with E-state index >= 15 is 0 Å². The van der Waals surface area contributed by atoms with Gasteiger partial charge in [-0.2, -0.15) is 4.98 Å². The molecule has 1 heterocycles. The number of rotatable bonds is 2. The van der Waals surface area contributed by atoms with Crippen LogP contribution in [0, 0.1) is 12.3 Å². The molecule has 4 heteroatoms. The Morgan fingerprint density at radius 1 is 1.70 bits per heavy atom. The first-order valence-electron chi connectivity index (χ1n) is 3.01. The zero-order valence-corrected chi connectivity index (χ0v) is 6.01. The van der Waals surface area contributed by atoms with Crippen LogP contribution in [0.5, 0.6) is 0 Å². The average molecular weight is 139 g/mol. The van der Waals surface area contributed by atoms with Crippen molar-refractivity contribution in [2.45, 2.75) is 20.3 Å². The zero-order valence-electron chi connectivity index (χ0n) is 6.01. The summed E-state index contributed by atoms with van der Waals surface area (Å²) in [5, 5.41) is 10.7. The van der Waals surface area contributed by atoms with Gasteiger partial charge < -0.3 is 9.93 Å². The van der Waals surface area contributed by atoms with Crippen LogP contribution < -0.4 is 0 Å². The summed E-state index contributed by atoms with van der Waals surface area (Å²) in [6.07, 6.45) is 0.459. The Morgan fingerprint density at radius 2 is 2.40 bits per heavy atom. The highest BCUT2D eigenvalue weighted by molar-refractivity contribution is 5.79. The van der Waals surface area contributed by atoms with Gasteiger partial charge in [0.15, 0.2) is 5.82 Å². The van der Waals surface area contributed by atoms with Gasteiger partial charge in [0, 0.05) is 5.71 Å². The fourth-order valence-corrected chi connectivity index (χ4v) is 0.639. The number of nitrogens with zero attached hydrogens (tertiary/aromatic N) is 2. The maximum atomic E-state index is 7.11. The van der Waals surface area contributed by atoms with Crippen molar-refractivity contribution < 1.29 is 4.52 Å². The summed E-state index contributed by atoms with van der Waals surface area (Å²) in [7, 11) is 0. The molecule has 1 aromatic heterocycles. The lowest BCUT2D eigenvalue weighted by atomic mass is 10.3. The van der Waals surface area contributed by atoms with Crippen LogP contribution in [0.3, 0.4) is 0 Å². The van der Waals surface area contributed by atoms with Gasteiger partial charge in [-0.25, -0.2) is 0 Å². The summed E-state index contributed by atoms with van der Waals surface area (Å²) < 4.78 is 4.77. The molecule has 4 nitrogen and oxygen atoms in total. The quantitative estimate of drug-likeness (QED) is 0.620. The number of aromatic nitrogens is 2. The molecule has 0 saturated carbocycles. The van der Waals surface area contributed by atoms with Gasteiger partial charge >= 0.3 is 0 Å². The van der Waals surface area contributed by atoms with Crippen molar-refractivity contribution in [2.75, 3.05) is 0 Å². The van der Waals surface area contributed by atoms with E-state index in [1.165, 1.54) is 0 Å². The molecule has 0 unspecified atom stereocenters. The smallest absolute Gasteiger partial charge is 0.232 e. The van der Waals surface area contributed by atoms with Crippen molar-refractivity contribution >= 4 is 5.71 Å². The highest BCUT2D eigenvalue weighted by Gasteiger charge is 2.01. The Hall–Kier alpha value is -1.19. The van der Waals surface area contributed by atoms with Crippen molar-refractivity contribution in [1.82, 2.24) is 10.1 Å². The summed E-state index contributed by atoms with van der Waals surface area (Å²) in [6, 6.07) is 0. The maximum absolute atomic E-state index is 7.11. The minimum absolute atomic E-state index is 0.459. The first-order valence-corrected chi connectivity index (χ1v) is 3.01. The topological polar surface area (TPSA) is 62.8 Å². The average Bonchev–Trinajstić information content (AvgIpc) is 2.13. The van der Waals surface area contributed by atoms with Gasteiger partial charge in [0.05, 0.1) is 6.42 Å². The van der Waals surface area contributed by atoms with Crippen molar-refractivity contribution in [3.8, 4) is 0 Å². The van der Waals surface area contributed by atoms with E-state index in [4.69, 9.17) is 9.93 Å². The molecule has 0 spiro atoms. The third kappa shape index (κ3) is 1.65. The lowest BCUT2D eigenvalue weighted by molar-refractivity contribution is 0.384. The Bertz CT molecular complexity index is 241. The molecule has 1 rings (SSSR count). The molecule has 1 aromatic rings. The molecule has 0 aliphatic rings. The van der Waals surface area contributed by atoms with Gasteiger partial charge in [-0.1, -0.05) is 5.16 Å². The Kier molecular flexibility index (Phi) is 1.80. The molecule has 10 heavy (non-hydrogen) atoms. The third-order valence-electron chi connectivity index (χ3n) is 0.986. The fourth-order valence-electron chi connectivity index (χ4n) is 0.639. The molecule has 0 aliphatic heterocycles. The molecule has 0 saturated heterocycles. The standard InChI is InChI=1S/C6H9N3O/c1-4(7)3-6-8-5(2)9-10-6/h7H,3H2,1-2H3. The molecule has 0 aliphatic carbocycles. The molecular formula is C6H9N3O. The summed E-state index contributed by atoms with van der Waals surface area (Å²) in [5.41, 5.74) is 0.531. The van der Waals surface area contributed by atoms with Gasteiger partial charge in [0.1, 0.15) is 0 Å². The minimum atomic E-state index is 0.459. The van der Waals surface area contributed by atoms with Crippen LogP contribution in [-0.2, 0) is 6.42 Å². The Labute approximate surface area is 58.8 Å². The molecule has 0 atom stereocenters. The highest BCUT2D eigenvalue weighted by atomic mass is 16.5. The van der Waals surface area contributed by atoms with E-state index in [0.717, 1.165) is 0 Å². The van der Waals surface area contributed by atoms with E-state index in [9.17, 15) is 0 Å². The minimum Gasteiger partial charge on any atom is -0.339 e. The van der Waals surface area contributed by atoms with E-state index in [2.05, 4.69) is 10.1 Å². The number of aryl methyl sites for hydroxylation is 1. The van der Waals surface area contributed by atoms with Crippen molar-refractivity contribution in [3.63, 3.8) is 0 Å². The van der Waals surface area contributed by atoms with Gasteiger partial charge in [0.2, 0.25) is 5.89 Å². The SMILES string of the molecule is CC(=N)Cc1nc(C)no1. The van der Waals surface area contributed by atoms with Crippen LogP contribution in [0.25, 0.3) is 0 Å². The van der Waals surface area contributed by atoms with E-state index in [1.807, 2.05) is 0 Å². The third-order valence-corrected chi connectivity index (χ3v) is 0.986. The second-order valence-corrected chi connectivity index (χ2v) is 2.19. The Morgan fingerprint density at radius 3 is 2.80 bits per heavy atom. The van der Waals surface area contributed by atoms with Crippen LogP contribution in [-0.4, -0.2) is 15.9 Å². The molecule has 0 bridgehead atoms.